The number of aliphatic hydroxyl groups is 1. The number of rotatable bonds is 3. The molecule has 1 aromatic heterocycles. The number of nitrogens with zero attached hydrogens (tertiary/aromatic N) is 3. The van der Waals surface area contributed by atoms with Gasteiger partial charge in [0.25, 0.3) is 0 Å². The van der Waals surface area contributed by atoms with Crippen LogP contribution in [0.2, 0.25) is 0 Å². The quantitative estimate of drug-likeness (QED) is 0.783. The second kappa shape index (κ2) is 4.78. The number of hydrogen-bond acceptors (Lipinski definition) is 3. The number of benzene rings is 2. The van der Waals surface area contributed by atoms with Gasteiger partial charge in [-0.2, -0.15) is 0 Å². The summed E-state index contributed by atoms with van der Waals surface area (Å²) in [5.74, 6) is -0.317. The van der Waals surface area contributed by atoms with Crippen LogP contribution in [0, 0.1) is 5.82 Å². The van der Waals surface area contributed by atoms with Crippen LogP contribution in [-0.4, -0.2) is 20.1 Å². The molecule has 0 aliphatic heterocycles. The van der Waals surface area contributed by atoms with Gasteiger partial charge >= 0.3 is 0 Å². The maximum atomic E-state index is 12.8. The van der Waals surface area contributed by atoms with Crippen molar-refractivity contribution in [1.29, 1.82) is 0 Å². The van der Waals surface area contributed by atoms with E-state index in [0.29, 0.717) is 5.56 Å². The number of aromatic nitrogens is 3. The molecule has 96 valence electrons. The van der Waals surface area contributed by atoms with Gasteiger partial charge in [0, 0.05) is 0 Å². The Balaban J connectivity index is 1.86. The Morgan fingerprint density at radius 1 is 1.11 bits per heavy atom. The van der Waals surface area contributed by atoms with Crippen molar-refractivity contribution in [2.24, 2.45) is 0 Å². The fourth-order valence-corrected chi connectivity index (χ4v) is 2.01. The van der Waals surface area contributed by atoms with Crippen molar-refractivity contribution in [3.63, 3.8) is 0 Å². The van der Waals surface area contributed by atoms with Gasteiger partial charge in [0.1, 0.15) is 11.3 Å². The molecule has 0 aliphatic carbocycles. The molecular weight excluding hydrogens is 245 g/mol. The minimum absolute atomic E-state index is 0.284. The summed E-state index contributed by atoms with van der Waals surface area (Å²) in [6.07, 6.45) is -0.745. The molecule has 0 amide bonds. The van der Waals surface area contributed by atoms with E-state index in [9.17, 15) is 9.50 Å². The highest BCUT2D eigenvalue weighted by Crippen LogP contribution is 2.18. The Hall–Kier alpha value is -2.27. The standard InChI is InChI=1S/C14H12FN3O/c15-11-7-5-10(6-8-11)14(19)9-18-13-4-2-1-3-12(13)16-17-18/h1-8,14,19H,9H2. The van der Waals surface area contributed by atoms with E-state index in [1.165, 1.54) is 12.1 Å². The van der Waals surface area contributed by atoms with Gasteiger partial charge < -0.3 is 5.11 Å². The predicted octanol–water partition coefficient (Wildman–Crippen LogP) is 2.30. The summed E-state index contributed by atoms with van der Waals surface area (Å²) < 4.78 is 14.5. The second-order valence-corrected chi connectivity index (χ2v) is 4.33. The topological polar surface area (TPSA) is 50.9 Å². The first-order chi connectivity index (χ1) is 9.24. The van der Waals surface area contributed by atoms with Crippen LogP contribution in [0.5, 0.6) is 0 Å². The Kier molecular flexibility index (Phi) is 2.97. The van der Waals surface area contributed by atoms with Gasteiger partial charge in [0.15, 0.2) is 0 Å². The van der Waals surface area contributed by atoms with E-state index in [2.05, 4.69) is 10.3 Å². The normalized spacial score (nSPS) is 12.7. The monoisotopic (exact) mass is 257 g/mol. The van der Waals surface area contributed by atoms with E-state index in [1.54, 1.807) is 16.8 Å². The fraction of sp³-hybridized carbons (Fsp3) is 0.143. The van der Waals surface area contributed by atoms with Crippen LogP contribution in [0.3, 0.4) is 0 Å². The number of fused-ring (bicyclic) bond motifs is 1. The molecule has 0 radical (unpaired) electrons. The Morgan fingerprint density at radius 2 is 1.84 bits per heavy atom. The average Bonchev–Trinajstić information content (AvgIpc) is 2.83. The first kappa shape index (κ1) is 11.8. The van der Waals surface area contributed by atoms with E-state index in [0.717, 1.165) is 11.0 Å². The molecule has 1 heterocycles. The molecule has 3 rings (SSSR count). The highest BCUT2D eigenvalue weighted by atomic mass is 19.1. The third-order valence-electron chi connectivity index (χ3n) is 3.02. The number of para-hydroxylation sites is 1. The highest BCUT2D eigenvalue weighted by Gasteiger charge is 2.11. The van der Waals surface area contributed by atoms with E-state index >= 15 is 0 Å². The van der Waals surface area contributed by atoms with Crippen molar-refractivity contribution in [3.8, 4) is 0 Å². The van der Waals surface area contributed by atoms with Crippen molar-refractivity contribution < 1.29 is 9.50 Å². The Bertz CT molecular complexity index is 693. The third-order valence-corrected chi connectivity index (χ3v) is 3.02. The van der Waals surface area contributed by atoms with Crippen molar-refractivity contribution in [2.45, 2.75) is 12.6 Å². The van der Waals surface area contributed by atoms with Crippen LogP contribution in [0.25, 0.3) is 11.0 Å². The van der Waals surface area contributed by atoms with Gasteiger partial charge in [-0.25, -0.2) is 9.07 Å². The number of hydrogen-bond donors (Lipinski definition) is 1. The molecule has 1 N–H and O–H groups in total. The van der Waals surface area contributed by atoms with E-state index < -0.39 is 6.10 Å². The van der Waals surface area contributed by atoms with Gasteiger partial charge in [-0.05, 0) is 29.8 Å². The molecule has 2 aromatic carbocycles. The van der Waals surface area contributed by atoms with Gasteiger partial charge in [-0.3, -0.25) is 0 Å². The smallest absolute Gasteiger partial charge is 0.123 e. The lowest BCUT2D eigenvalue weighted by molar-refractivity contribution is 0.152. The van der Waals surface area contributed by atoms with Crippen LogP contribution >= 0.6 is 0 Å². The highest BCUT2D eigenvalue weighted by molar-refractivity contribution is 5.73. The van der Waals surface area contributed by atoms with Crippen LogP contribution in [0.4, 0.5) is 4.39 Å². The van der Waals surface area contributed by atoms with Gasteiger partial charge in [0.2, 0.25) is 0 Å². The summed E-state index contributed by atoms with van der Waals surface area (Å²) in [6.45, 7) is 0.284. The SMILES string of the molecule is OC(Cn1nnc2ccccc21)c1ccc(F)cc1. The molecule has 0 bridgehead atoms. The molecular formula is C14H12FN3O. The molecule has 5 heteroatoms. The van der Waals surface area contributed by atoms with E-state index in [-0.39, 0.29) is 12.4 Å². The molecule has 1 atom stereocenters. The number of aliphatic hydroxyl groups excluding tert-OH is 1. The Morgan fingerprint density at radius 3 is 2.63 bits per heavy atom. The van der Waals surface area contributed by atoms with Crippen molar-refractivity contribution in [2.75, 3.05) is 0 Å². The third kappa shape index (κ3) is 2.32. The maximum Gasteiger partial charge on any atom is 0.123 e. The zero-order valence-electron chi connectivity index (χ0n) is 10.1. The van der Waals surface area contributed by atoms with E-state index in [1.807, 2.05) is 24.3 Å². The zero-order valence-corrected chi connectivity index (χ0v) is 10.1. The molecule has 0 fully saturated rings. The summed E-state index contributed by atoms with van der Waals surface area (Å²) in [5, 5.41) is 18.2. The molecule has 0 spiro atoms. The van der Waals surface area contributed by atoms with Crippen LogP contribution in [-0.2, 0) is 6.54 Å². The second-order valence-electron chi connectivity index (χ2n) is 4.33. The molecule has 0 saturated carbocycles. The van der Waals surface area contributed by atoms with Crippen LogP contribution < -0.4 is 0 Å². The largest absolute Gasteiger partial charge is 0.386 e. The first-order valence-electron chi connectivity index (χ1n) is 5.96. The number of halogens is 1. The molecule has 1 unspecified atom stereocenters. The first-order valence-corrected chi connectivity index (χ1v) is 5.96. The minimum Gasteiger partial charge on any atom is -0.386 e. The maximum absolute atomic E-state index is 12.8. The summed E-state index contributed by atoms with van der Waals surface area (Å²) in [4.78, 5) is 0. The fourth-order valence-electron chi connectivity index (χ4n) is 2.01. The summed E-state index contributed by atoms with van der Waals surface area (Å²) in [5.41, 5.74) is 2.30. The molecule has 4 nitrogen and oxygen atoms in total. The van der Waals surface area contributed by atoms with Gasteiger partial charge in [0.05, 0.1) is 18.2 Å². The molecule has 3 aromatic rings. The average molecular weight is 257 g/mol. The minimum atomic E-state index is -0.745. The Labute approximate surface area is 109 Å². The van der Waals surface area contributed by atoms with E-state index in [4.69, 9.17) is 0 Å². The summed E-state index contributed by atoms with van der Waals surface area (Å²) >= 11 is 0. The summed E-state index contributed by atoms with van der Waals surface area (Å²) in [6, 6.07) is 13.3. The summed E-state index contributed by atoms with van der Waals surface area (Å²) in [7, 11) is 0. The molecule has 0 aliphatic rings. The predicted molar refractivity (Wildman–Crippen MR) is 68.9 cm³/mol. The van der Waals surface area contributed by atoms with Crippen LogP contribution in [0.15, 0.2) is 48.5 Å². The van der Waals surface area contributed by atoms with Crippen LogP contribution in [0.1, 0.15) is 11.7 Å². The van der Waals surface area contributed by atoms with Gasteiger partial charge in [-0.15, -0.1) is 5.10 Å². The lowest BCUT2D eigenvalue weighted by Gasteiger charge is -2.11. The molecule has 19 heavy (non-hydrogen) atoms. The lowest BCUT2D eigenvalue weighted by atomic mass is 10.1. The van der Waals surface area contributed by atoms with Gasteiger partial charge in [-0.1, -0.05) is 29.5 Å². The van der Waals surface area contributed by atoms with Crippen molar-refractivity contribution >= 4 is 11.0 Å². The van der Waals surface area contributed by atoms with Crippen molar-refractivity contribution in [3.05, 3.63) is 59.9 Å². The van der Waals surface area contributed by atoms with Crippen molar-refractivity contribution in [1.82, 2.24) is 15.0 Å². The zero-order chi connectivity index (χ0) is 13.2. The molecule has 0 saturated heterocycles. The lowest BCUT2D eigenvalue weighted by Crippen LogP contribution is -2.10.